The molecule has 0 spiro atoms. The van der Waals surface area contributed by atoms with Crippen molar-refractivity contribution in [3.05, 3.63) is 89.9 Å². The number of hydrogen-bond acceptors (Lipinski definition) is 6. The predicted molar refractivity (Wildman–Crippen MR) is 124 cm³/mol. The zero-order valence-corrected chi connectivity index (χ0v) is 19.0. The molecule has 2 unspecified atom stereocenters. The number of para-hydroxylation sites is 1. The van der Waals surface area contributed by atoms with E-state index in [2.05, 4.69) is 31.9 Å². The van der Waals surface area contributed by atoms with E-state index in [4.69, 9.17) is 4.74 Å². The first-order valence-electron chi connectivity index (χ1n) is 10.6. The maximum absolute atomic E-state index is 12.8. The van der Waals surface area contributed by atoms with Crippen molar-refractivity contribution in [3.63, 3.8) is 0 Å². The summed E-state index contributed by atoms with van der Waals surface area (Å²) < 4.78 is 35.6. The van der Waals surface area contributed by atoms with Gasteiger partial charge < -0.3 is 4.74 Å². The van der Waals surface area contributed by atoms with Crippen LogP contribution in [0.2, 0.25) is 0 Å². The highest BCUT2D eigenvalue weighted by atomic mass is 32.2. The maximum atomic E-state index is 12.8. The first-order chi connectivity index (χ1) is 15.9. The van der Waals surface area contributed by atoms with Crippen molar-refractivity contribution in [2.45, 2.75) is 30.1 Å². The number of nitrogens with one attached hydrogen (secondary N) is 1. The molecule has 1 fully saturated rings. The summed E-state index contributed by atoms with van der Waals surface area (Å²) in [4.78, 5) is 8.92. The highest BCUT2D eigenvalue weighted by molar-refractivity contribution is 7.92. The van der Waals surface area contributed by atoms with Crippen LogP contribution in [0.3, 0.4) is 0 Å². The standard InChI is InChI=1S/C24H23N5O3S/c1-16-8-6-7-11-22(16)32-23-13-21(20-12-19(20)17-9-4-3-5-10-17)26-24(27-23)28-33(30,31)18-14-25-29(2)15-18/h3-11,13-15,19-20H,12H2,1-2H3,(H,26,27,28). The van der Waals surface area contributed by atoms with Crippen molar-refractivity contribution in [1.29, 1.82) is 0 Å². The first-order valence-corrected chi connectivity index (χ1v) is 12.1. The van der Waals surface area contributed by atoms with Crippen molar-refractivity contribution in [2.24, 2.45) is 7.05 Å². The van der Waals surface area contributed by atoms with E-state index in [1.54, 1.807) is 13.1 Å². The fourth-order valence-corrected chi connectivity index (χ4v) is 4.75. The molecule has 33 heavy (non-hydrogen) atoms. The fraction of sp³-hybridized carbons (Fsp3) is 0.208. The second-order valence-electron chi connectivity index (χ2n) is 8.14. The molecular formula is C24H23N5O3S. The van der Waals surface area contributed by atoms with Gasteiger partial charge in [-0.25, -0.2) is 18.1 Å². The molecule has 2 aromatic carbocycles. The summed E-state index contributed by atoms with van der Waals surface area (Å²) in [6, 6.07) is 19.6. The summed E-state index contributed by atoms with van der Waals surface area (Å²) in [7, 11) is -2.24. The van der Waals surface area contributed by atoms with Crippen LogP contribution in [-0.2, 0) is 17.1 Å². The van der Waals surface area contributed by atoms with Crippen LogP contribution in [0.15, 0.2) is 78.0 Å². The van der Waals surface area contributed by atoms with Crippen LogP contribution in [0, 0.1) is 6.92 Å². The Kier molecular flexibility index (Phi) is 5.33. The Morgan fingerprint density at radius 3 is 2.52 bits per heavy atom. The minimum atomic E-state index is -3.89. The molecule has 168 valence electrons. The summed E-state index contributed by atoms with van der Waals surface area (Å²) in [5.74, 6) is 1.40. The van der Waals surface area contributed by atoms with E-state index in [1.807, 2.05) is 49.4 Å². The lowest BCUT2D eigenvalue weighted by Gasteiger charge is -2.12. The highest BCUT2D eigenvalue weighted by Gasteiger charge is 2.41. The van der Waals surface area contributed by atoms with E-state index in [9.17, 15) is 8.42 Å². The van der Waals surface area contributed by atoms with Crippen molar-refractivity contribution < 1.29 is 13.2 Å². The van der Waals surface area contributed by atoms with Crippen LogP contribution in [0.4, 0.5) is 5.95 Å². The Hall–Kier alpha value is -3.72. The Balaban J connectivity index is 1.49. The lowest BCUT2D eigenvalue weighted by molar-refractivity contribution is 0.458. The number of hydrogen-bond donors (Lipinski definition) is 1. The van der Waals surface area contributed by atoms with Crippen LogP contribution in [0.25, 0.3) is 0 Å². The van der Waals surface area contributed by atoms with E-state index in [1.165, 1.54) is 22.6 Å². The van der Waals surface area contributed by atoms with Crippen molar-refractivity contribution in [3.8, 4) is 11.6 Å². The number of aryl methyl sites for hydroxylation is 2. The largest absolute Gasteiger partial charge is 0.439 e. The lowest BCUT2D eigenvalue weighted by atomic mass is 10.1. The summed E-state index contributed by atoms with van der Waals surface area (Å²) in [6.45, 7) is 1.94. The molecule has 0 amide bonds. The van der Waals surface area contributed by atoms with Crippen LogP contribution in [0.1, 0.15) is 35.1 Å². The van der Waals surface area contributed by atoms with Crippen molar-refractivity contribution >= 4 is 16.0 Å². The number of ether oxygens (including phenoxy) is 1. The molecule has 0 aliphatic heterocycles. The molecule has 0 radical (unpaired) electrons. The van der Waals surface area contributed by atoms with E-state index < -0.39 is 10.0 Å². The molecule has 1 aliphatic carbocycles. The smallest absolute Gasteiger partial charge is 0.267 e. The van der Waals surface area contributed by atoms with Crippen LogP contribution < -0.4 is 9.46 Å². The fourth-order valence-electron chi connectivity index (χ4n) is 3.82. The second kappa shape index (κ2) is 8.32. The number of benzene rings is 2. The van der Waals surface area contributed by atoms with Gasteiger partial charge in [0, 0.05) is 25.2 Å². The van der Waals surface area contributed by atoms with Gasteiger partial charge >= 0.3 is 0 Å². The Bertz CT molecular complexity index is 1400. The van der Waals surface area contributed by atoms with Gasteiger partial charge in [-0.3, -0.25) is 4.68 Å². The minimum Gasteiger partial charge on any atom is -0.439 e. The summed E-state index contributed by atoms with van der Waals surface area (Å²) in [5, 5.41) is 3.94. The maximum Gasteiger partial charge on any atom is 0.267 e. The monoisotopic (exact) mass is 461 g/mol. The summed E-state index contributed by atoms with van der Waals surface area (Å²) >= 11 is 0. The molecule has 2 atom stereocenters. The second-order valence-corrected chi connectivity index (χ2v) is 9.82. The molecule has 1 N–H and O–H groups in total. The van der Waals surface area contributed by atoms with Gasteiger partial charge in [0.1, 0.15) is 10.6 Å². The third-order valence-electron chi connectivity index (χ3n) is 5.65. The zero-order chi connectivity index (χ0) is 23.0. The zero-order valence-electron chi connectivity index (χ0n) is 18.2. The van der Waals surface area contributed by atoms with Crippen molar-refractivity contribution in [1.82, 2.24) is 19.7 Å². The average molecular weight is 462 g/mol. The third-order valence-corrected chi connectivity index (χ3v) is 6.93. The molecule has 9 heteroatoms. The quantitative estimate of drug-likeness (QED) is 0.438. The van der Waals surface area contributed by atoms with Crippen LogP contribution >= 0.6 is 0 Å². The van der Waals surface area contributed by atoms with Gasteiger partial charge in [-0.05, 0) is 36.5 Å². The Morgan fingerprint density at radius 2 is 1.79 bits per heavy atom. The molecule has 2 aromatic heterocycles. The van der Waals surface area contributed by atoms with Gasteiger partial charge in [-0.15, -0.1) is 0 Å². The lowest BCUT2D eigenvalue weighted by Crippen LogP contribution is -2.15. The average Bonchev–Trinajstić information content (AvgIpc) is 3.48. The van der Waals surface area contributed by atoms with Gasteiger partial charge in [0.2, 0.25) is 11.8 Å². The van der Waals surface area contributed by atoms with Gasteiger partial charge in [-0.1, -0.05) is 48.5 Å². The third kappa shape index (κ3) is 4.58. The van der Waals surface area contributed by atoms with Gasteiger partial charge in [-0.2, -0.15) is 10.1 Å². The molecule has 5 rings (SSSR count). The van der Waals surface area contributed by atoms with E-state index in [0.29, 0.717) is 11.7 Å². The first kappa shape index (κ1) is 21.1. The van der Waals surface area contributed by atoms with Gasteiger partial charge in [0.05, 0.1) is 11.9 Å². The number of rotatable bonds is 7. The molecule has 1 aliphatic rings. The highest BCUT2D eigenvalue weighted by Crippen LogP contribution is 2.54. The molecule has 1 saturated carbocycles. The number of sulfonamides is 1. The number of anilines is 1. The number of aromatic nitrogens is 4. The molecular weight excluding hydrogens is 438 g/mol. The molecule has 8 nitrogen and oxygen atoms in total. The normalized spacial score (nSPS) is 17.5. The molecule has 4 aromatic rings. The summed E-state index contributed by atoms with van der Waals surface area (Å²) in [5.41, 5.74) is 2.93. The predicted octanol–water partition coefficient (Wildman–Crippen LogP) is 4.38. The molecule has 0 saturated heterocycles. The number of nitrogens with zero attached hydrogens (tertiary/aromatic N) is 4. The minimum absolute atomic E-state index is 0.0290. The van der Waals surface area contributed by atoms with Crippen LogP contribution in [-0.4, -0.2) is 28.2 Å². The van der Waals surface area contributed by atoms with Crippen LogP contribution in [0.5, 0.6) is 11.6 Å². The molecule has 2 heterocycles. The topological polar surface area (TPSA) is 99.0 Å². The Labute approximate surface area is 192 Å². The van der Waals surface area contributed by atoms with Gasteiger partial charge in [0.25, 0.3) is 10.0 Å². The van der Waals surface area contributed by atoms with E-state index in [-0.39, 0.29) is 22.6 Å². The SMILES string of the molecule is Cc1ccccc1Oc1cc(C2CC2c2ccccc2)nc(NS(=O)(=O)c2cnn(C)c2)n1. The van der Waals surface area contributed by atoms with Gasteiger partial charge in [0.15, 0.2) is 0 Å². The van der Waals surface area contributed by atoms with E-state index in [0.717, 1.165) is 17.7 Å². The Morgan fingerprint density at radius 1 is 1.03 bits per heavy atom. The molecule has 0 bridgehead atoms. The summed E-state index contributed by atoms with van der Waals surface area (Å²) in [6.07, 6.45) is 3.63. The van der Waals surface area contributed by atoms with E-state index >= 15 is 0 Å². The van der Waals surface area contributed by atoms with Crippen molar-refractivity contribution in [2.75, 3.05) is 4.72 Å².